The molecule has 3 atom stereocenters. The lowest BCUT2D eigenvalue weighted by Gasteiger charge is -2.45. The Morgan fingerprint density at radius 1 is 1.06 bits per heavy atom. The predicted molar refractivity (Wildman–Crippen MR) is 68.4 cm³/mol. The Bertz CT molecular complexity index is 240. The van der Waals surface area contributed by atoms with E-state index in [0.29, 0.717) is 0 Å². The topological polar surface area (TPSA) is 12.0 Å². The Labute approximate surface area is 100 Å². The molecule has 3 unspecified atom stereocenters. The molecule has 0 radical (unpaired) electrons. The Morgan fingerprint density at radius 3 is 2.56 bits per heavy atom. The molecule has 16 heavy (non-hydrogen) atoms. The van der Waals surface area contributed by atoms with Gasteiger partial charge in [0.1, 0.15) is 0 Å². The molecule has 0 amide bonds. The van der Waals surface area contributed by atoms with Crippen LogP contribution >= 0.6 is 0 Å². The summed E-state index contributed by atoms with van der Waals surface area (Å²) in [4.78, 5) is 0. The van der Waals surface area contributed by atoms with Crippen LogP contribution in [-0.4, -0.2) is 13.1 Å². The van der Waals surface area contributed by atoms with E-state index in [0.717, 1.165) is 23.2 Å². The van der Waals surface area contributed by atoms with E-state index in [4.69, 9.17) is 0 Å². The molecule has 2 saturated carbocycles. The van der Waals surface area contributed by atoms with Crippen LogP contribution in [0.2, 0.25) is 0 Å². The zero-order valence-corrected chi connectivity index (χ0v) is 10.8. The molecule has 0 aromatic carbocycles. The lowest BCUT2D eigenvalue weighted by atomic mass is 9.64. The van der Waals surface area contributed by atoms with Crippen molar-refractivity contribution in [2.45, 2.75) is 58.3 Å². The van der Waals surface area contributed by atoms with Gasteiger partial charge in [-0.05, 0) is 55.5 Å². The van der Waals surface area contributed by atoms with Crippen molar-refractivity contribution in [3.05, 3.63) is 0 Å². The highest BCUT2D eigenvalue weighted by molar-refractivity contribution is 4.99. The molecule has 0 bridgehead atoms. The van der Waals surface area contributed by atoms with Crippen LogP contribution in [0, 0.1) is 23.2 Å². The van der Waals surface area contributed by atoms with E-state index >= 15 is 0 Å². The molecule has 3 rings (SSSR count). The van der Waals surface area contributed by atoms with Gasteiger partial charge in [-0.2, -0.15) is 0 Å². The Hall–Kier alpha value is -0.0400. The van der Waals surface area contributed by atoms with Crippen LogP contribution in [0.4, 0.5) is 0 Å². The van der Waals surface area contributed by atoms with Crippen LogP contribution in [0.15, 0.2) is 0 Å². The van der Waals surface area contributed by atoms with Gasteiger partial charge in [0.05, 0.1) is 0 Å². The fourth-order valence-corrected chi connectivity index (χ4v) is 5.02. The lowest BCUT2D eigenvalue weighted by Crippen LogP contribution is -2.46. The first-order valence-corrected chi connectivity index (χ1v) is 7.51. The van der Waals surface area contributed by atoms with E-state index < -0.39 is 0 Å². The first kappa shape index (κ1) is 11.1. The summed E-state index contributed by atoms with van der Waals surface area (Å²) < 4.78 is 0. The minimum atomic E-state index is 0.764. The van der Waals surface area contributed by atoms with Gasteiger partial charge in [-0.25, -0.2) is 0 Å². The highest BCUT2D eigenvalue weighted by Gasteiger charge is 2.47. The average molecular weight is 221 g/mol. The smallest absolute Gasteiger partial charge is 0.00125 e. The largest absolute Gasteiger partial charge is 0.316 e. The molecule has 1 aliphatic heterocycles. The molecule has 1 spiro atoms. The van der Waals surface area contributed by atoms with Gasteiger partial charge in [0.25, 0.3) is 0 Å². The summed E-state index contributed by atoms with van der Waals surface area (Å²) in [6.45, 7) is 5.09. The average Bonchev–Trinajstić information content (AvgIpc) is 2.90. The minimum Gasteiger partial charge on any atom is -0.316 e. The maximum Gasteiger partial charge on any atom is -0.00125 e. The van der Waals surface area contributed by atoms with Gasteiger partial charge < -0.3 is 5.32 Å². The summed E-state index contributed by atoms with van der Waals surface area (Å²) in [5, 5.41) is 3.68. The third-order valence-electron chi connectivity index (χ3n) is 5.81. The third-order valence-corrected chi connectivity index (χ3v) is 5.81. The number of piperidine rings is 1. The standard InChI is InChI=1S/C15H27N/c1-12-6-7-15(10-12)8-9-16-11-14(15)13-4-2-3-5-13/h12-14,16H,2-11H2,1H3. The van der Waals surface area contributed by atoms with Gasteiger partial charge >= 0.3 is 0 Å². The molecule has 0 aromatic rings. The third kappa shape index (κ3) is 1.81. The molecule has 1 heteroatoms. The molecular formula is C15H27N. The fourth-order valence-electron chi connectivity index (χ4n) is 5.02. The summed E-state index contributed by atoms with van der Waals surface area (Å²) in [5.41, 5.74) is 0.764. The van der Waals surface area contributed by atoms with Gasteiger partial charge in [-0.3, -0.25) is 0 Å². The quantitative estimate of drug-likeness (QED) is 0.713. The predicted octanol–water partition coefficient (Wildman–Crippen LogP) is 3.59. The second kappa shape index (κ2) is 4.33. The second-order valence-electron chi connectivity index (χ2n) is 6.82. The zero-order chi connectivity index (χ0) is 11.0. The van der Waals surface area contributed by atoms with Crippen molar-refractivity contribution in [3.8, 4) is 0 Å². The molecule has 3 aliphatic rings. The van der Waals surface area contributed by atoms with Crippen molar-refractivity contribution in [2.75, 3.05) is 13.1 Å². The molecule has 92 valence electrons. The van der Waals surface area contributed by atoms with Crippen molar-refractivity contribution in [1.82, 2.24) is 5.32 Å². The SMILES string of the molecule is CC1CCC2(CCNCC2C2CCCC2)C1. The van der Waals surface area contributed by atoms with E-state index in [1.54, 1.807) is 0 Å². The van der Waals surface area contributed by atoms with E-state index in [1.807, 2.05) is 0 Å². The Balaban J connectivity index is 1.77. The summed E-state index contributed by atoms with van der Waals surface area (Å²) >= 11 is 0. The van der Waals surface area contributed by atoms with E-state index in [2.05, 4.69) is 12.2 Å². The van der Waals surface area contributed by atoms with Crippen LogP contribution < -0.4 is 5.32 Å². The number of rotatable bonds is 1. The van der Waals surface area contributed by atoms with Crippen LogP contribution in [0.1, 0.15) is 58.3 Å². The van der Waals surface area contributed by atoms with Crippen LogP contribution in [-0.2, 0) is 0 Å². The summed E-state index contributed by atoms with van der Waals surface area (Å²) in [7, 11) is 0. The van der Waals surface area contributed by atoms with Crippen LogP contribution in [0.25, 0.3) is 0 Å². The molecule has 1 N–H and O–H groups in total. The van der Waals surface area contributed by atoms with Crippen LogP contribution in [0.3, 0.4) is 0 Å². The van der Waals surface area contributed by atoms with E-state index in [-0.39, 0.29) is 0 Å². The molecule has 1 saturated heterocycles. The Morgan fingerprint density at radius 2 is 1.88 bits per heavy atom. The van der Waals surface area contributed by atoms with Crippen molar-refractivity contribution >= 4 is 0 Å². The maximum atomic E-state index is 3.68. The van der Waals surface area contributed by atoms with Crippen molar-refractivity contribution in [2.24, 2.45) is 23.2 Å². The number of nitrogens with one attached hydrogen (secondary N) is 1. The number of hydrogen-bond donors (Lipinski definition) is 1. The van der Waals surface area contributed by atoms with Gasteiger partial charge in [0.2, 0.25) is 0 Å². The highest BCUT2D eigenvalue weighted by atomic mass is 14.9. The molecular weight excluding hydrogens is 194 g/mol. The van der Waals surface area contributed by atoms with Crippen molar-refractivity contribution in [1.29, 1.82) is 0 Å². The molecule has 3 fully saturated rings. The van der Waals surface area contributed by atoms with Crippen molar-refractivity contribution in [3.63, 3.8) is 0 Å². The summed E-state index contributed by atoms with van der Waals surface area (Å²) in [6, 6.07) is 0. The van der Waals surface area contributed by atoms with Gasteiger partial charge in [0, 0.05) is 0 Å². The highest BCUT2D eigenvalue weighted by Crippen LogP contribution is 2.54. The van der Waals surface area contributed by atoms with Gasteiger partial charge in [-0.1, -0.05) is 39.0 Å². The summed E-state index contributed by atoms with van der Waals surface area (Å²) in [6.07, 6.45) is 12.1. The van der Waals surface area contributed by atoms with E-state index in [9.17, 15) is 0 Å². The van der Waals surface area contributed by atoms with Gasteiger partial charge in [-0.15, -0.1) is 0 Å². The normalized spacial score (nSPS) is 45.6. The summed E-state index contributed by atoms with van der Waals surface area (Å²) in [5.74, 6) is 3.09. The van der Waals surface area contributed by atoms with Gasteiger partial charge in [0.15, 0.2) is 0 Å². The Kier molecular flexibility index (Phi) is 2.99. The maximum absolute atomic E-state index is 3.68. The minimum absolute atomic E-state index is 0.764. The first-order chi connectivity index (χ1) is 7.80. The lowest BCUT2D eigenvalue weighted by molar-refractivity contribution is 0.0631. The fraction of sp³-hybridized carbons (Fsp3) is 1.00. The van der Waals surface area contributed by atoms with E-state index in [1.165, 1.54) is 64.5 Å². The molecule has 1 heterocycles. The van der Waals surface area contributed by atoms with Crippen molar-refractivity contribution < 1.29 is 0 Å². The molecule has 0 aromatic heterocycles. The van der Waals surface area contributed by atoms with Crippen LogP contribution in [0.5, 0.6) is 0 Å². The monoisotopic (exact) mass is 221 g/mol. The first-order valence-electron chi connectivity index (χ1n) is 7.51. The zero-order valence-electron chi connectivity index (χ0n) is 10.8. The molecule has 2 aliphatic carbocycles. The molecule has 1 nitrogen and oxygen atoms in total. The number of hydrogen-bond acceptors (Lipinski definition) is 1. The second-order valence-corrected chi connectivity index (χ2v) is 6.82.